The molecule has 1 aliphatic rings. The van der Waals surface area contributed by atoms with Crippen molar-refractivity contribution in [2.75, 3.05) is 4.90 Å². The van der Waals surface area contributed by atoms with Gasteiger partial charge in [-0.2, -0.15) is 0 Å². The first-order chi connectivity index (χ1) is 9.18. The van der Waals surface area contributed by atoms with Gasteiger partial charge >= 0.3 is 0 Å². The Kier molecular flexibility index (Phi) is 3.12. The fraction of sp³-hybridized carbons (Fsp3) is 0.154. The molecular weight excluding hydrogens is 285 g/mol. The lowest BCUT2D eigenvalue weighted by Crippen LogP contribution is -2.57. The lowest BCUT2D eigenvalue weighted by atomic mass is 9.94. The molecule has 1 aromatic heterocycles. The van der Waals surface area contributed by atoms with Crippen molar-refractivity contribution in [1.29, 1.82) is 0 Å². The molecule has 6 heteroatoms. The Hall–Kier alpha value is -1.65. The number of carbonyl (C=O) groups excluding carboxylic acids is 1. The first kappa shape index (κ1) is 12.4. The summed E-state index contributed by atoms with van der Waals surface area (Å²) in [5.74, 6) is 0.178. The molecule has 96 valence electrons. The molecule has 2 atom stereocenters. The van der Waals surface area contributed by atoms with Crippen molar-refractivity contribution in [2.24, 2.45) is 0 Å². The quantitative estimate of drug-likeness (QED) is 0.632. The van der Waals surface area contributed by atoms with E-state index in [0.717, 1.165) is 5.56 Å². The van der Waals surface area contributed by atoms with Crippen LogP contribution in [0.4, 0.5) is 5.95 Å². The number of aromatic nitrogens is 2. The van der Waals surface area contributed by atoms with Crippen LogP contribution in [0.3, 0.4) is 0 Å². The van der Waals surface area contributed by atoms with Gasteiger partial charge in [-0.25, -0.2) is 9.97 Å². The molecule has 19 heavy (non-hydrogen) atoms. The number of amides is 1. The summed E-state index contributed by atoms with van der Waals surface area (Å²) in [5, 5.41) is 0.0491. The number of carbonyl (C=O) groups is 1. The van der Waals surface area contributed by atoms with Crippen LogP contribution in [-0.4, -0.2) is 21.3 Å². The van der Waals surface area contributed by atoms with E-state index in [9.17, 15) is 4.79 Å². The van der Waals surface area contributed by atoms with Gasteiger partial charge in [-0.3, -0.25) is 9.69 Å². The lowest BCUT2D eigenvalue weighted by molar-refractivity contribution is -0.123. The van der Waals surface area contributed by atoms with E-state index in [1.807, 2.05) is 12.1 Å². The van der Waals surface area contributed by atoms with Crippen LogP contribution in [0.1, 0.15) is 11.6 Å². The number of hydrogen-bond acceptors (Lipinski definition) is 3. The standard InChI is InChI=1S/C13H9Cl2N3O/c14-9-4-2-8(3-5-9)11-10(15)12(19)18(11)13-16-6-1-7-17-13/h1-7,10-11H. The van der Waals surface area contributed by atoms with E-state index < -0.39 is 5.38 Å². The fourth-order valence-corrected chi connectivity index (χ4v) is 2.56. The van der Waals surface area contributed by atoms with E-state index >= 15 is 0 Å². The number of rotatable bonds is 2. The van der Waals surface area contributed by atoms with Crippen LogP contribution in [0.2, 0.25) is 5.02 Å². The summed E-state index contributed by atoms with van der Waals surface area (Å²) in [7, 11) is 0. The molecule has 1 fully saturated rings. The van der Waals surface area contributed by atoms with Crippen molar-refractivity contribution in [1.82, 2.24) is 9.97 Å². The highest BCUT2D eigenvalue weighted by molar-refractivity contribution is 6.37. The molecule has 2 aromatic rings. The third-order valence-electron chi connectivity index (χ3n) is 3.01. The maximum absolute atomic E-state index is 11.9. The molecule has 4 nitrogen and oxygen atoms in total. The summed E-state index contributed by atoms with van der Waals surface area (Å²) >= 11 is 12.0. The van der Waals surface area contributed by atoms with Crippen LogP contribution < -0.4 is 4.90 Å². The highest BCUT2D eigenvalue weighted by Gasteiger charge is 2.49. The number of hydrogen-bond donors (Lipinski definition) is 0. The number of benzene rings is 1. The molecule has 1 amide bonds. The predicted molar refractivity (Wildman–Crippen MR) is 73.4 cm³/mol. The van der Waals surface area contributed by atoms with Crippen molar-refractivity contribution in [3.05, 3.63) is 53.3 Å². The molecule has 1 saturated heterocycles. The average Bonchev–Trinajstić information content (AvgIpc) is 2.46. The van der Waals surface area contributed by atoms with Crippen LogP contribution >= 0.6 is 23.2 Å². The van der Waals surface area contributed by atoms with Crippen molar-refractivity contribution < 1.29 is 4.79 Å². The summed E-state index contributed by atoms with van der Waals surface area (Å²) in [6, 6.07) is 8.69. The van der Waals surface area contributed by atoms with Crippen LogP contribution in [0.25, 0.3) is 0 Å². The van der Waals surface area contributed by atoms with Crippen LogP contribution in [0, 0.1) is 0 Å². The molecule has 3 rings (SSSR count). The average molecular weight is 294 g/mol. The van der Waals surface area contributed by atoms with Crippen molar-refractivity contribution in [2.45, 2.75) is 11.4 Å². The topological polar surface area (TPSA) is 46.1 Å². The molecule has 0 bridgehead atoms. The smallest absolute Gasteiger partial charge is 0.250 e. The van der Waals surface area contributed by atoms with Gasteiger partial charge in [0.05, 0.1) is 6.04 Å². The molecule has 0 aliphatic carbocycles. The molecular formula is C13H9Cl2N3O. The first-order valence-electron chi connectivity index (χ1n) is 5.68. The van der Waals surface area contributed by atoms with Crippen LogP contribution in [0.15, 0.2) is 42.7 Å². The summed E-state index contributed by atoms with van der Waals surface area (Å²) in [6.45, 7) is 0. The van der Waals surface area contributed by atoms with Gasteiger partial charge in [0.2, 0.25) is 5.95 Å². The van der Waals surface area contributed by atoms with Gasteiger partial charge < -0.3 is 0 Å². The van der Waals surface area contributed by atoms with Crippen LogP contribution in [-0.2, 0) is 4.79 Å². The second-order valence-corrected chi connectivity index (χ2v) is 5.06. The molecule has 0 radical (unpaired) electrons. The predicted octanol–water partition coefficient (Wildman–Crippen LogP) is 2.83. The second kappa shape index (κ2) is 4.79. The summed E-state index contributed by atoms with van der Waals surface area (Å²) in [5.41, 5.74) is 0.913. The molecule has 1 aliphatic heterocycles. The third kappa shape index (κ3) is 2.07. The zero-order valence-corrected chi connectivity index (χ0v) is 11.2. The first-order valence-corrected chi connectivity index (χ1v) is 6.49. The van der Waals surface area contributed by atoms with Crippen molar-refractivity contribution >= 4 is 35.1 Å². The number of halogens is 2. The maximum atomic E-state index is 11.9. The molecule has 0 spiro atoms. The number of nitrogens with zero attached hydrogens (tertiary/aromatic N) is 3. The Bertz CT molecular complexity index is 603. The number of anilines is 1. The molecule has 0 N–H and O–H groups in total. The normalized spacial score (nSPS) is 22.2. The van der Waals surface area contributed by atoms with E-state index in [-0.39, 0.29) is 11.9 Å². The highest BCUT2D eigenvalue weighted by Crippen LogP contribution is 2.40. The minimum Gasteiger partial charge on any atom is -0.273 e. The Balaban J connectivity index is 1.96. The minimum atomic E-state index is -0.593. The van der Waals surface area contributed by atoms with Crippen molar-refractivity contribution in [3.8, 4) is 0 Å². The molecule has 2 heterocycles. The van der Waals surface area contributed by atoms with E-state index in [0.29, 0.717) is 11.0 Å². The van der Waals surface area contributed by atoms with Gasteiger partial charge in [0, 0.05) is 17.4 Å². The van der Waals surface area contributed by atoms with Gasteiger partial charge in [0.15, 0.2) is 0 Å². The molecule has 1 aromatic carbocycles. The highest BCUT2D eigenvalue weighted by atomic mass is 35.5. The monoisotopic (exact) mass is 293 g/mol. The minimum absolute atomic E-state index is 0.187. The maximum Gasteiger partial charge on any atom is 0.250 e. The summed E-state index contributed by atoms with van der Waals surface area (Å²) in [4.78, 5) is 21.6. The van der Waals surface area contributed by atoms with Crippen molar-refractivity contribution in [3.63, 3.8) is 0 Å². The van der Waals surface area contributed by atoms with E-state index in [1.54, 1.807) is 30.6 Å². The van der Waals surface area contributed by atoms with E-state index in [4.69, 9.17) is 23.2 Å². The van der Waals surface area contributed by atoms with Gasteiger partial charge in [0.25, 0.3) is 5.91 Å². The van der Waals surface area contributed by atoms with Gasteiger partial charge in [-0.05, 0) is 23.8 Å². The van der Waals surface area contributed by atoms with Gasteiger partial charge in [-0.1, -0.05) is 23.7 Å². The summed E-state index contributed by atoms with van der Waals surface area (Å²) in [6.07, 6.45) is 3.19. The zero-order valence-electron chi connectivity index (χ0n) is 9.70. The molecule has 0 saturated carbocycles. The SMILES string of the molecule is O=C1C(Cl)C(c2ccc(Cl)cc2)N1c1ncccn1. The van der Waals surface area contributed by atoms with Crippen LogP contribution in [0.5, 0.6) is 0 Å². The van der Waals surface area contributed by atoms with Gasteiger partial charge in [-0.15, -0.1) is 11.6 Å². The van der Waals surface area contributed by atoms with E-state index in [1.165, 1.54) is 4.90 Å². The number of β-lactam (4-membered cyclic amide) rings is 1. The zero-order chi connectivity index (χ0) is 13.4. The Morgan fingerprint density at radius 3 is 2.37 bits per heavy atom. The molecule has 2 unspecified atom stereocenters. The van der Waals surface area contributed by atoms with E-state index in [2.05, 4.69) is 9.97 Å². The number of alkyl halides is 1. The second-order valence-electron chi connectivity index (χ2n) is 4.16. The largest absolute Gasteiger partial charge is 0.273 e. The third-order valence-corrected chi connectivity index (χ3v) is 3.69. The Morgan fingerprint density at radius 2 is 1.74 bits per heavy atom. The lowest BCUT2D eigenvalue weighted by Gasteiger charge is -2.42. The Morgan fingerprint density at radius 1 is 1.11 bits per heavy atom. The Labute approximate surface area is 120 Å². The summed E-state index contributed by atoms with van der Waals surface area (Å²) < 4.78 is 0. The fourth-order valence-electron chi connectivity index (χ4n) is 2.07. The van der Waals surface area contributed by atoms with Gasteiger partial charge in [0.1, 0.15) is 5.38 Å².